The number of ether oxygens (including phenoxy) is 7. The van der Waals surface area contributed by atoms with Gasteiger partial charge in [-0.3, -0.25) is 0 Å². The Kier molecular flexibility index (Phi) is 12.9. The first-order valence-corrected chi connectivity index (χ1v) is 21.7. The van der Waals surface area contributed by atoms with Crippen LogP contribution in [0.1, 0.15) is 125 Å². The van der Waals surface area contributed by atoms with Crippen molar-refractivity contribution in [2.75, 3.05) is 6.61 Å². The molecule has 3 spiro atoms. The van der Waals surface area contributed by atoms with Gasteiger partial charge in [0.2, 0.25) is 5.79 Å². The van der Waals surface area contributed by atoms with Crippen LogP contribution >= 0.6 is 0 Å². The largest absolute Gasteiger partial charge is 0.479 e. The fourth-order valence-electron chi connectivity index (χ4n) is 10.5. The normalized spacial score (nSPS) is 45.4. The molecule has 13 heteroatoms. The van der Waals surface area contributed by atoms with Gasteiger partial charge in [-0.2, -0.15) is 0 Å². The van der Waals surface area contributed by atoms with Gasteiger partial charge in [-0.05, 0) is 95.1 Å². The number of aliphatic carboxylic acids is 1. The van der Waals surface area contributed by atoms with Crippen LogP contribution in [0.2, 0.25) is 0 Å². The van der Waals surface area contributed by atoms with E-state index >= 15 is 0 Å². The first kappa shape index (κ1) is 43.3. The predicted molar refractivity (Wildman–Crippen MR) is 208 cm³/mol. The minimum Gasteiger partial charge on any atom is -0.479 e. The van der Waals surface area contributed by atoms with Gasteiger partial charge in [-0.1, -0.05) is 45.1 Å². The molecule has 0 aromatic rings. The number of rotatable bonds is 10. The first-order valence-electron chi connectivity index (χ1n) is 21.7. The smallest absolute Gasteiger partial charge is 0.335 e. The van der Waals surface area contributed by atoms with Crippen LogP contribution in [-0.2, 0) is 38.0 Å². The minimum absolute atomic E-state index is 0.0423. The van der Waals surface area contributed by atoms with Crippen molar-refractivity contribution in [2.45, 2.75) is 209 Å². The second kappa shape index (κ2) is 17.0. The van der Waals surface area contributed by atoms with Crippen LogP contribution < -0.4 is 0 Å². The lowest BCUT2D eigenvalue weighted by atomic mass is 9.79. The van der Waals surface area contributed by atoms with Gasteiger partial charge in [-0.25, -0.2) is 4.79 Å². The summed E-state index contributed by atoms with van der Waals surface area (Å²) in [7, 11) is 0. The molecule has 0 amide bonds. The fourth-order valence-corrected chi connectivity index (χ4v) is 10.5. The Labute approximate surface area is 337 Å². The van der Waals surface area contributed by atoms with Crippen molar-refractivity contribution >= 4 is 5.97 Å². The van der Waals surface area contributed by atoms with E-state index in [1.807, 2.05) is 19.9 Å². The molecule has 0 aromatic heterocycles. The van der Waals surface area contributed by atoms with Gasteiger partial charge in [0, 0.05) is 38.0 Å². The third kappa shape index (κ3) is 9.15. The van der Waals surface area contributed by atoms with E-state index in [4.69, 9.17) is 33.2 Å². The van der Waals surface area contributed by atoms with Crippen molar-refractivity contribution in [1.29, 1.82) is 0 Å². The quantitative estimate of drug-likeness (QED) is 0.182. The Hall–Kier alpha value is -1.75. The molecule has 13 nitrogen and oxygen atoms in total. The molecule has 322 valence electrons. The topological polar surface area (TPSA) is 183 Å². The van der Waals surface area contributed by atoms with Crippen LogP contribution in [0.4, 0.5) is 0 Å². The third-order valence-electron chi connectivity index (χ3n) is 14.0. The van der Waals surface area contributed by atoms with Gasteiger partial charge in [0.1, 0.15) is 24.4 Å². The van der Waals surface area contributed by atoms with Crippen LogP contribution in [-0.4, -0.2) is 122 Å². The molecule has 2 unspecified atom stereocenters. The zero-order valence-corrected chi connectivity index (χ0v) is 34.6. The summed E-state index contributed by atoms with van der Waals surface area (Å²) in [4.78, 5) is 11.6. The zero-order valence-electron chi connectivity index (χ0n) is 34.6. The van der Waals surface area contributed by atoms with Crippen LogP contribution in [0.3, 0.4) is 0 Å². The maximum Gasteiger partial charge on any atom is 0.335 e. The molecule has 17 atom stereocenters. The van der Waals surface area contributed by atoms with Crippen molar-refractivity contribution in [3.8, 4) is 0 Å². The zero-order chi connectivity index (χ0) is 40.9. The summed E-state index contributed by atoms with van der Waals surface area (Å²) >= 11 is 0. The number of carboxylic acids is 1. The van der Waals surface area contributed by atoms with Crippen molar-refractivity contribution in [1.82, 2.24) is 0 Å². The maximum absolute atomic E-state index is 11.6. The maximum atomic E-state index is 11.6. The van der Waals surface area contributed by atoms with Gasteiger partial charge < -0.3 is 58.7 Å². The summed E-state index contributed by atoms with van der Waals surface area (Å²) in [6.45, 7) is 14.5. The Morgan fingerprint density at radius 2 is 1.75 bits per heavy atom. The Morgan fingerprint density at radius 1 is 1.00 bits per heavy atom. The number of carbonyl (C=O) groups is 1. The highest BCUT2D eigenvalue weighted by Crippen LogP contribution is 2.47. The molecular weight excluding hydrogens is 736 g/mol. The molecule has 0 aromatic carbocycles. The standard InChI is InChI=1S/C44H68O13/c1-25-21-34(55-44(23-25)35(46)12-11-31(54-44)24-41(6,50)40(48)49)26(2)9-10-30-14-18-43(53-30)19-15-33-39(57-43)36(47)29(5)38(52-33)32(45)22-28(4)37-27(3)13-17-42(56-37)16-7-8-20-51-42/h9-10,23,26-28,30-39,45-47,50H,5,7-8,11-22,24H2,1-4,6H3,(H,48,49)/b10-9+/t26-,27-,28+,30?,31+,32-,33-,34+,35-,36-,37+,38?,39-,41-,42+,43-,44-/m1/s1. The lowest BCUT2D eigenvalue weighted by Crippen LogP contribution is -2.60. The molecular formula is C44H68O13. The van der Waals surface area contributed by atoms with Crippen LogP contribution in [0.5, 0.6) is 0 Å². The summed E-state index contributed by atoms with van der Waals surface area (Å²) in [5.74, 6) is -3.82. The second-order valence-electron chi connectivity index (χ2n) is 18.9. The summed E-state index contributed by atoms with van der Waals surface area (Å²) < 4.78 is 45.2. The molecule has 7 aliphatic heterocycles. The van der Waals surface area contributed by atoms with Gasteiger partial charge in [0.05, 0.1) is 43.2 Å². The number of hydrogen-bond donors (Lipinski definition) is 5. The van der Waals surface area contributed by atoms with E-state index in [1.165, 1.54) is 6.92 Å². The van der Waals surface area contributed by atoms with Crippen LogP contribution in [0, 0.1) is 17.8 Å². The van der Waals surface area contributed by atoms with Crippen LogP contribution in [0.15, 0.2) is 36.0 Å². The molecule has 7 aliphatic rings. The predicted octanol–water partition coefficient (Wildman–Crippen LogP) is 5.21. The Bertz CT molecular complexity index is 1510. The van der Waals surface area contributed by atoms with E-state index in [9.17, 15) is 30.3 Å². The highest BCUT2D eigenvalue weighted by Gasteiger charge is 2.55. The molecule has 57 heavy (non-hydrogen) atoms. The van der Waals surface area contributed by atoms with E-state index in [-0.39, 0.29) is 36.6 Å². The molecule has 0 radical (unpaired) electrons. The van der Waals surface area contributed by atoms with Crippen molar-refractivity contribution in [2.24, 2.45) is 17.8 Å². The minimum atomic E-state index is -1.96. The van der Waals surface area contributed by atoms with Gasteiger partial charge in [0.25, 0.3) is 0 Å². The molecule has 6 saturated heterocycles. The number of carboxylic acid groups (broad SMARTS) is 1. The van der Waals surface area contributed by atoms with Gasteiger partial charge in [-0.15, -0.1) is 0 Å². The number of aliphatic hydroxyl groups is 4. The van der Waals surface area contributed by atoms with Gasteiger partial charge in [0.15, 0.2) is 17.2 Å². The van der Waals surface area contributed by atoms with E-state index in [2.05, 4.69) is 26.5 Å². The van der Waals surface area contributed by atoms with Crippen LogP contribution in [0.25, 0.3) is 0 Å². The monoisotopic (exact) mass is 804 g/mol. The third-order valence-corrected chi connectivity index (χ3v) is 14.0. The van der Waals surface area contributed by atoms with E-state index in [1.54, 1.807) is 6.08 Å². The average molecular weight is 805 g/mol. The molecule has 7 rings (SSSR count). The van der Waals surface area contributed by atoms with E-state index in [0.29, 0.717) is 56.4 Å². The number of hydrogen-bond acceptors (Lipinski definition) is 12. The first-order chi connectivity index (χ1) is 26.9. The highest BCUT2D eigenvalue weighted by molar-refractivity contribution is 5.76. The Morgan fingerprint density at radius 3 is 2.49 bits per heavy atom. The molecule has 0 aliphatic carbocycles. The van der Waals surface area contributed by atoms with Gasteiger partial charge >= 0.3 is 5.97 Å². The molecule has 0 saturated carbocycles. The lowest BCUT2D eigenvalue weighted by molar-refractivity contribution is -0.321. The highest BCUT2D eigenvalue weighted by atomic mass is 16.7. The summed E-state index contributed by atoms with van der Waals surface area (Å²) in [5.41, 5.74) is -0.551. The number of fused-ring (bicyclic) bond motifs is 1. The molecule has 0 bridgehead atoms. The number of aliphatic hydroxyl groups excluding tert-OH is 3. The fraction of sp³-hybridized carbons (Fsp3) is 0.841. The SMILES string of the molecule is C=C1C([C@H](O)C[C@H](C)[C@H]2O[C@@]3(CCCCO3)CC[C@H]2C)O[C@@H]2CC[C@@]3(CCC(/C=C/[C@@H](C)[C@@H]4CC(C)=C[C@@]5(O[C@H](C[C@@](C)(O)C(=O)O)CC[C@H]5O)O4)O3)O[C@H]2[C@@H]1O. The molecule has 6 fully saturated rings. The lowest BCUT2D eigenvalue weighted by Gasteiger charge is -2.50. The van der Waals surface area contributed by atoms with E-state index in [0.717, 1.165) is 50.7 Å². The summed E-state index contributed by atoms with van der Waals surface area (Å²) in [6.07, 6.45) is 9.37. The second-order valence-corrected chi connectivity index (χ2v) is 18.9. The van der Waals surface area contributed by atoms with Crippen molar-refractivity contribution in [3.63, 3.8) is 0 Å². The van der Waals surface area contributed by atoms with Crippen molar-refractivity contribution < 1.29 is 63.5 Å². The summed E-state index contributed by atoms with van der Waals surface area (Å²) in [6, 6.07) is 0. The average Bonchev–Trinajstić information content (AvgIpc) is 3.56. The molecule has 5 N–H and O–H groups in total. The Balaban J connectivity index is 0.920. The van der Waals surface area contributed by atoms with E-state index < -0.39 is 71.7 Å². The summed E-state index contributed by atoms with van der Waals surface area (Å²) in [5, 5.41) is 54.0. The molecule has 7 heterocycles. The van der Waals surface area contributed by atoms with Crippen molar-refractivity contribution in [3.05, 3.63) is 36.0 Å².